The maximum atomic E-state index is 15.2. The molecular formula is C26H28FN3O6S. The number of halogens is 1. The van der Waals surface area contributed by atoms with E-state index < -0.39 is 33.7 Å². The summed E-state index contributed by atoms with van der Waals surface area (Å²) in [4.78, 5) is 38.2. The fraction of sp³-hybridized carbons (Fsp3) is 0.423. The van der Waals surface area contributed by atoms with Gasteiger partial charge in [0.2, 0.25) is 21.8 Å². The summed E-state index contributed by atoms with van der Waals surface area (Å²) in [7, 11) is -2.23. The highest BCUT2D eigenvalue weighted by molar-refractivity contribution is 7.89. The van der Waals surface area contributed by atoms with E-state index in [0.717, 1.165) is 5.56 Å². The lowest BCUT2D eigenvalue weighted by molar-refractivity contribution is -0.136. The van der Waals surface area contributed by atoms with Crippen molar-refractivity contribution in [1.82, 2.24) is 14.5 Å². The predicted octanol–water partition coefficient (Wildman–Crippen LogP) is 2.47. The van der Waals surface area contributed by atoms with Crippen LogP contribution in [0.5, 0.6) is 5.75 Å². The number of imide groups is 1. The van der Waals surface area contributed by atoms with Gasteiger partial charge in [-0.25, -0.2) is 12.8 Å². The van der Waals surface area contributed by atoms with Crippen LogP contribution in [-0.4, -0.2) is 61.6 Å². The Kier molecular flexibility index (Phi) is 6.53. The lowest BCUT2D eigenvalue weighted by Gasteiger charge is -2.32. The van der Waals surface area contributed by atoms with E-state index in [0.29, 0.717) is 29.7 Å². The van der Waals surface area contributed by atoms with Crippen molar-refractivity contribution < 1.29 is 31.9 Å². The number of hydrogen-bond donors (Lipinski definition) is 1. The number of ether oxygens (including phenoxy) is 1. The summed E-state index contributed by atoms with van der Waals surface area (Å²) in [6, 6.07) is 6.91. The summed E-state index contributed by atoms with van der Waals surface area (Å²) in [5.74, 6) is -1.53. The van der Waals surface area contributed by atoms with Gasteiger partial charge >= 0.3 is 0 Å². The van der Waals surface area contributed by atoms with Crippen molar-refractivity contribution in [2.75, 3.05) is 20.2 Å². The molecule has 1 unspecified atom stereocenters. The van der Waals surface area contributed by atoms with Crippen molar-refractivity contribution >= 4 is 27.7 Å². The Bertz CT molecular complexity index is 1400. The molecule has 1 atom stereocenters. The van der Waals surface area contributed by atoms with E-state index in [2.05, 4.69) is 5.32 Å². The van der Waals surface area contributed by atoms with Crippen LogP contribution in [-0.2, 0) is 26.2 Å². The summed E-state index contributed by atoms with van der Waals surface area (Å²) < 4.78 is 48.3. The predicted molar refractivity (Wildman–Crippen MR) is 131 cm³/mol. The van der Waals surface area contributed by atoms with Crippen molar-refractivity contribution in [2.24, 2.45) is 0 Å². The van der Waals surface area contributed by atoms with Gasteiger partial charge < -0.3 is 9.64 Å². The Morgan fingerprint density at radius 3 is 2.46 bits per heavy atom. The summed E-state index contributed by atoms with van der Waals surface area (Å²) in [5.41, 5.74) is 2.14. The monoisotopic (exact) mass is 529 g/mol. The number of rotatable bonds is 5. The topological polar surface area (TPSA) is 113 Å². The number of carbonyl (C=O) groups excluding carboxylic acids is 3. The fourth-order valence-electron chi connectivity index (χ4n) is 5.44. The molecule has 11 heteroatoms. The van der Waals surface area contributed by atoms with Crippen molar-refractivity contribution in [3.05, 3.63) is 58.4 Å². The minimum atomic E-state index is -3.73. The molecule has 0 aromatic heterocycles. The maximum Gasteiger partial charge on any atom is 0.255 e. The molecule has 5 rings (SSSR count). The van der Waals surface area contributed by atoms with Crippen molar-refractivity contribution in [3.63, 3.8) is 0 Å². The summed E-state index contributed by atoms with van der Waals surface area (Å²) >= 11 is 0. The van der Waals surface area contributed by atoms with Gasteiger partial charge in [-0.1, -0.05) is 12.1 Å². The smallest absolute Gasteiger partial charge is 0.255 e. The van der Waals surface area contributed by atoms with Crippen LogP contribution in [0.2, 0.25) is 0 Å². The Balaban J connectivity index is 1.31. The van der Waals surface area contributed by atoms with E-state index in [4.69, 9.17) is 4.74 Å². The zero-order chi connectivity index (χ0) is 26.5. The highest BCUT2D eigenvalue weighted by Crippen LogP contribution is 2.37. The van der Waals surface area contributed by atoms with E-state index in [9.17, 15) is 22.8 Å². The first kappa shape index (κ1) is 25.3. The highest BCUT2D eigenvalue weighted by atomic mass is 32.2. The SMILES string of the molecule is COc1cc(S(=O)(=O)N2CCC(c3cc4c(cc3F)C(=O)N(C3CCC(=O)NC3=O)C4)CC2)ccc1C. The number of sulfonamides is 1. The number of carbonyl (C=O) groups is 3. The molecule has 0 spiro atoms. The third-order valence-electron chi connectivity index (χ3n) is 7.55. The number of fused-ring (bicyclic) bond motifs is 1. The van der Waals surface area contributed by atoms with E-state index >= 15 is 4.39 Å². The molecule has 2 aromatic rings. The molecule has 196 valence electrons. The minimum absolute atomic E-state index is 0.146. The Hall–Kier alpha value is -3.31. The van der Waals surface area contributed by atoms with Crippen molar-refractivity contribution in [1.29, 1.82) is 0 Å². The van der Waals surface area contributed by atoms with Gasteiger partial charge in [-0.05, 0) is 60.9 Å². The standard InChI is InChI=1S/C26H28FN3O6S/c1-15-3-4-18(12-23(15)36-2)37(34,35)29-9-7-16(8-10-29)19-11-17-14-30(26(33)20(17)13-21(19)27)22-5-6-24(31)28-25(22)32/h3-4,11-13,16,22H,5-10,14H2,1-2H3,(H,28,31,32). The number of aryl methyl sites for hydroxylation is 1. The van der Waals surface area contributed by atoms with Crippen LogP contribution < -0.4 is 10.1 Å². The number of nitrogens with zero attached hydrogens (tertiary/aromatic N) is 2. The first-order valence-electron chi connectivity index (χ1n) is 12.2. The van der Waals surface area contributed by atoms with Crippen LogP contribution >= 0.6 is 0 Å². The van der Waals surface area contributed by atoms with Gasteiger partial charge in [0, 0.05) is 37.7 Å². The summed E-state index contributed by atoms with van der Waals surface area (Å²) in [6.07, 6.45) is 1.25. The Morgan fingerprint density at radius 2 is 1.78 bits per heavy atom. The third-order valence-corrected chi connectivity index (χ3v) is 9.45. The molecule has 9 nitrogen and oxygen atoms in total. The number of nitrogens with one attached hydrogen (secondary N) is 1. The molecule has 3 amide bonds. The second kappa shape index (κ2) is 9.53. The molecule has 0 radical (unpaired) electrons. The number of methoxy groups -OCH3 is 1. The van der Waals surface area contributed by atoms with Crippen LogP contribution in [0.25, 0.3) is 0 Å². The zero-order valence-electron chi connectivity index (χ0n) is 20.6. The molecular weight excluding hydrogens is 501 g/mol. The molecule has 1 N–H and O–H groups in total. The minimum Gasteiger partial charge on any atom is -0.496 e. The van der Waals surface area contributed by atoms with E-state index in [1.165, 1.54) is 28.4 Å². The molecule has 37 heavy (non-hydrogen) atoms. The van der Waals surface area contributed by atoms with Gasteiger partial charge in [0.15, 0.2) is 0 Å². The fourth-order valence-corrected chi connectivity index (χ4v) is 6.92. The first-order valence-corrected chi connectivity index (χ1v) is 13.7. The van der Waals surface area contributed by atoms with Crippen LogP contribution in [0.15, 0.2) is 35.2 Å². The van der Waals surface area contributed by atoms with Gasteiger partial charge in [-0.2, -0.15) is 4.31 Å². The van der Waals surface area contributed by atoms with Gasteiger partial charge in [0.1, 0.15) is 17.6 Å². The lowest BCUT2D eigenvalue weighted by atomic mass is 9.88. The average Bonchev–Trinajstić information content (AvgIpc) is 3.18. The van der Waals surface area contributed by atoms with Crippen LogP contribution in [0.1, 0.15) is 58.6 Å². The summed E-state index contributed by atoms with van der Waals surface area (Å²) in [5, 5.41) is 2.26. The largest absolute Gasteiger partial charge is 0.496 e. The molecule has 2 saturated heterocycles. The zero-order valence-corrected chi connectivity index (χ0v) is 21.4. The number of piperidine rings is 2. The van der Waals surface area contributed by atoms with Crippen LogP contribution in [0, 0.1) is 12.7 Å². The highest BCUT2D eigenvalue weighted by Gasteiger charge is 2.40. The Labute approximate surface area is 214 Å². The van der Waals surface area contributed by atoms with Crippen LogP contribution in [0.4, 0.5) is 4.39 Å². The van der Waals surface area contributed by atoms with Crippen molar-refractivity contribution in [3.8, 4) is 5.75 Å². The van der Waals surface area contributed by atoms with Gasteiger partial charge in [0.25, 0.3) is 5.91 Å². The molecule has 3 heterocycles. The third kappa shape index (κ3) is 4.50. The molecule has 0 saturated carbocycles. The molecule has 0 aliphatic carbocycles. The number of benzene rings is 2. The number of amides is 3. The molecule has 3 aliphatic rings. The van der Waals surface area contributed by atoms with Crippen molar-refractivity contribution in [2.45, 2.75) is 56.0 Å². The van der Waals surface area contributed by atoms with E-state index in [-0.39, 0.29) is 54.8 Å². The van der Waals surface area contributed by atoms with Crippen LogP contribution in [0.3, 0.4) is 0 Å². The van der Waals surface area contributed by atoms with E-state index in [1.54, 1.807) is 18.2 Å². The normalized spacial score (nSPS) is 21.2. The van der Waals surface area contributed by atoms with Gasteiger partial charge in [-0.15, -0.1) is 0 Å². The first-order chi connectivity index (χ1) is 17.6. The molecule has 3 aliphatic heterocycles. The second-order valence-electron chi connectivity index (χ2n) is 9.74. The van der Waals surface area contributed by atoms with Gasteiger partial charge in [0.05, 0.1) is 12.0 Å². The molecule has 2 fully saturated rings. The molecule has 2 aromatic carbocycles. The second-order valence-corrected chi connectivity index (χ2v) is 11.7. The van der Waals surface area contributed by atoms with Gasteiger partial charge in [-0.3, -0.25) is 19.7 Å². The maximum absolute atomic E-state index is 15.2. The molecule has 0 bridgehead atoms. The van der Waals surface area contributed by atoms with E-state index in [1.807, 2.05) is 6.92 Å². The Morgan fingerprint density at radius 1 is 1.05 bits per heavy atom. The summed E-state index contributed by atoms with van der Waals surface area (Å²) in [6.45, 7) is 2.47. The lowest BCUT2D eigenvalue weighted by Crippen LogP contribution is -2.52. The average molecular weight is 530 g/mol. The number of hydrogen-bond acceptors (Lipinski definition) is 6. The quantitative estimate of drug-likeness (QED) is 0.596.